The average Bonchev–Trinajstić information content (AvgIpc) is 3.36. The maximum Gasteiger partial charge on any atom is 0.246 e. The Balaban J connectivity index is 1.32. The van der Waals surface area contributed by atoms with E-state index in [9.17, 15) is 10.1 Å². The molecule has 35 heavy (non-hydrogen) atoms. The number of amides is 1. The molecule has 8 heteroatoms. The molecule has 1 amide bonds. The zero-order valence-electron chi connectivity index (χ0n) is 20.1. The molecule has 0 spiro atoms. The van der Waals surface area contributed by atoms with Gasteiger partial charge in [0.05, 0.1) is 30.1 Å². The number of anilines is 1. The van der Waals surface area contributed by atoms with Crippen molar-refractivity contribution in [2.75, 3.05) is 11.9 Å². The molecule has 0 saturated heterocycles. The molecule has 0 radical (unpaired) electrons. The molecule has 2 bridgehead atoms. The van der Waals surface area contributed by atoms with Crippen molar-refractivity contribution in [3.8, 4) is 22.9 Å². The SMILES string of the molecule is C=C(C)C(=O)NC1C2CCC1CC(Nc1ccc(-c3cc(OCC)cn4ncc(C#N)c34)cn1)C2. The highest BCUT2D eigenvalue weighted by Gasteiger charge is 2.43. The van der Waals surface area contributed by atoms with E-state index in [2.05, 4.69) is 33.4 Å². The Morgan fingerprint density at radius 3 is 2.69 bits per heavy atom. The number of rotatable bonds is 7. The summed E-state index contributed by atoms with van der Waals surface area (Å²) in [4.78, 5) is 16.8. The number of nitrogens with zero attached hydrogens (tertiary/aromatic N) is 4. The molecular weight excluding hydrogens is 440 g/mol. The summed E-state index contributed by atoms with van der Waals surface area (Å²) in [6.07, 6.45) is 9.51. The first-order valence-corrected chi connectivity index (χ1v) is 12.2. The molecule has 8 nitrogen and oxygen atoms in total. The quantitative estimate of drug-likeness (QED) is 0.498. The third-order valence-corrected chi connectivity index (χ3v) is 7.23. The van der Waals surface area contributed by atoms with Crippen molar-refractivity contribution in [3.05, 3.63) is 54.5 Å². The van der Waals surface area contributed by atoms with Gasteiger partial charge in [-0.25, -0.2) is 9.50 Å². The number of hydrogen-bond donors (Lipinski definition) is 2. The highest BCUT2D eigenvalue weighted by Crippen LogP contribution is 2.43. The first kappa shape index (κ1) is 22.9. The lowest BCUT2D eigenvalue weighted by Gasteiger charge is -2.36. The number of carbonyl (C=O) groups is 1. The van der Waals surface area contributed by atoms with Gasteiger partial charge in [-0.3, -0.25) is 4.79 Å². The van der Waals surface area contributed by atoms with Gasteiger partial charge in [0.15, 0.2) is 0 Å². The molecule has 0 aliphatic heterocycles. The summed E-state index contributed by atoms with van der Waals surface area (Å²) in [6.45, 7) is 8.00. The van der Waals surface area contributed by atoms with Crippen LogP contribution in [0.3, 0.4) is 0 Å². The van der Waals surface area contributed by atoms with Gasteiger partial charge in [0.25, 0.3) is 0 Å². The van der Waals surface area contributed by atoms with Crippen LogP contribution >= 0.6 is 0 Å². The van der Waals surface area contributed by atoms with Crippen molar-refractivity contribution in [2.45, 2.75) is 51.6 Å². The lowest BCUT2D eigenvalue weighted by molar-refractivity contribution is -0.118. The topological polar surface area (TPSA) is 104 Å². The molecule has 3 aromatic heterocycles. The van der Waals surface area contributed by atoms with E-state index in [0.717, 1.165) is 48.1 Å². The molecular formula is C27H30N6O2. The minimum Gasteiger partial charge on any atom is -0.492 e. The first-order valence-electron chi connectivity index (χ1n) is 12.2. The van der Waals surface area contributed by atoms with Crippen LogP contribution in [0.4, 0.5) is 5.82 Å². The smallest absolute Gasteiger partial charge is 0.246 e. The Kier molecular flexibility index (Phi) is 6.16. The molecule has 3 aromatic rings. The van der Waals surface area contributed by atoms with Crippen molar-refractivity contribution in [1.82, 2.24) is 19.9 Å². The van der Waals surface area contributed by atoms with Crippen LogP contribution in [0.2, 0.25) is 0 Å². The van der Waals surface area contributed by atoms with Gasteiger partial charge < -0.3 is 15.4 Å². The highest BCUT2D eigenvalue weighted by atomic mass is 16.5. The van der Waals surface area contributed by atoms with Crippen LogP contribution in [0.15, 0.2) is 48.9 Å². The van der Waals surface area contributed by atoms with Crippen LogP contribution in [-0.4, -0.2) is 39.2 Å². The standard InChI is InChI=1S/C27H30N6O2/c1-4-35-22-11-23(26-20(12-28)14-30-33(26)15-22)19-7-8-24(29-13-19)31-21-9-17-5-6-18(10-21)25(17)32-27(34)16(2)3/h7-8,11,13-15,17-18,21,25H,2,4-6,9-10H2,1,3H3,(H,29,31)(H,32,34). The molecule has 2 unspecified atom stereocenters. The van der Waals surface area contributed by atoms with Crippen LogP contribution in [0.1, 0.15) is 45.1 Å². The van der Waals surface area contributed by atoms with Gasteiger partial charge >= 0.3 is 0 Å². The summed E-state index contributed by atoms with van der Waals surface area (Å²) in [7, 11) is 0. The fourth-order valence-corrected chi connectivity index (χ4v) is 5.65. The molecule has 2 saturated carbocycles. The molecule has 2 aliphatic rings. The Labute approximate surface area is 205 Å². The molecule has 3 heterocycles. The number of carbonyl (C=O) groups excluding carboxylic acids is 1. The van der Waals surface area contributed by atoms with Gasteiger partial charge in [-0.05, 0) is 69.6 Å². The van der Waals surface area contributed by atoms with E-state index in [0.29, 0.717) is 41.4 Å². The summed E-state index contributed by atoms with van der Waals surface area (Å²) < 4.78 is 7.39. The maximum absolute atomic E-state index is 12.1. The van der Waals surface area contributed by atoms with E-state index in [1.54, 1.807) is 23.8 Å². The van der Waals surface area contributed by atoms with Gasteiger partial charge in [-0.1, -0.05) is 6.58 Å². The Morgan fingerprint density at radius 2 is 2.06 bits per heavy atom. The average molecular weight is 471 g/mol. The van der Waals surface area contributed by atoms with E-state index >= 15 is 0 Å². The van der Waals surface area contributed by atoms with Crippen molar-refractivity contribution in [2.24, 2.45) is 11.8 Å². The van der Waals surface area contributed by atoms with Crippen LogP contribution in [0.5, 0.6) is 5.75 Å². The van der Waals surface area contributed by atoms with E-state index in [-0.39, 0.29) is 11.9 Å². The second kappa shape index (κ2) is 9.41. The Morgan fingerprint density at radius 1 is 1.29 bits per heavy atom. The third-order valence-electron chi connectivity index (χ3n) is 7.23. The summed E-state index contributed by atoms with van der Waals surface area (Å²) >= 11 is 0. The number of nitriles is 1. The number of aromatic nitrogens is 3. The van der Waals surface area contributed by atoms with E-state index in [1.807, 2.05) is 31.3 Å². The number of fused-ring (bicyclic) bond motifs is 3. The fourth-order valence-electron chi connectivity index (χ4n) is 5.65. The van der Waals surface area contributed by atoms with Gasteiger partial charge in [0.2, 0.25) is 5.91 Å². The van der Waals surface area contributed by atoms with Crippen LogP contribution in [0, 0.1) is 23.2 Å². The number of hydrogen-bond acceptors (Lipinski definition) is 6. The summed E-state index contributed by atoms with van der Waals surface area (Å²) in [6, 6.07) is 8.74. The van der Waals surface area contributed by atoms with Crippen LogP contribution < -0.4 is 15.4 Å². The molecule has 2 fully saturated rings. The zero-order valence-corrected chi connectivity index (χ0v) is 20.1. The lowest BCUT2D eigenvalue weighted by Crippen LogP contribution is -2.47. The number of nitrogens with one attached hydrogen (secondary N) is 2. The fraction of sp³-hybridized carbons (Fsp3) is 0.407. The monoisotopic (exact) mass is 470 g/mol. The largest absolute Gasteiger partial charge is 0.492 e. The molecule has 2 aliphatic carbocycles. The minimum atomic E-state index is -0.0316. The highest BCUT2D eigenvalue weighted by molar-refractivity contribution is 5.92. The van der Waals surface area contributed by atoms with Crippen molar-refractivity contribution >= 4 is 17.2 Å². The maximum atomic E-state index is 12.1. The van der Waals surface area contributed by atoms with Gasteiger partial charge in [0, 0.05) is 35.0 Å². The third kappa shape index (κ3) is 4.46. The van der Waals surface area contributed by atoms with Crippen molar-refractivity contribution in [3.63, 3.8) is 0 Å². The van der Waals surface area contributed by atoms with E-state index < -0.39 is 0 Å². The molecule has 0 aromatic carbocycles. The normalized spacial score (nSPS) is 23.0. The lowest BCUT2D eigenvalue weighted by atomic mass is 9.81. The van der Waals surface area contributed by atoms with Gasteiger partial charge in [-0.15, -0.1) is 0 Å². The summed E-state index contributed by atoms with van der Waals surface area (Å²) in [5.41, 5.74) is 3.57. The van der Waals surface area contributed by atoms with Crippen molar-refractivity contribution < 1.29 is 9.53 Å². The van der Waals surface area contributed by atoms with Crippen molar-refractivity contribution in [1.29, 1.82) is 5.26 Å². The number of ether oxygens (including phenoxy) is 1. The molecule has 2 N–H and O–H groups in total. The predicted molar refractivity (Wildman–Crippen MR) is 134 cm³/mol. The predicted octanol–water partition coefficient (Wildman–Crippen LogP) is 4.33. The summed E-state index contributed by atoms with van der Waals surface area (Å²) in [5.74, 6) is 2.45. The summed E-state index contributed by atoms with van der Waals surface area (Å²) in [5, 5.41) is 20.7. The molecule has 5 rings (SSSR count). The molecule has 180 valence electrons. The Bertz CT molecular complexity index is 1290. The van der Waals surface area contributed by atoms with Crippen LogP contribution in [-0.2, 0) is 4.79 Å². The second-order valence-electron chi connectivity index (χ2n) is 9.61. The van der Waals surface area contributed by atoms with Gasteiger partial charge in [-0.2, -0.15) is 10.4 Å². The Hall–Kier alpha value is -3.86. The zero-order chi connectivity index (χ0) is 24.5. The first-order chi connectivity index (χ1) is 17.0. The number of pyridine rings is 2. The van der Waals surface area contributed by atoms with E-state index in [1.165, 1.54) is 0 Å². The second-order valence-corrected chi connectivity index (χ2v) is 9.61. The van der Waals surface area contributed by atoms with E-state index in [4.69, 9.17) is 4.74 Å². The minimum absolute atomic E-state index is 0.0316. The molecule has 2 atom stereocenters. The van der Waals surface area contributed by atoms with Gasteiger partial charge in [0.1, 0.15) is 17.6 Å². The van der Waals surface area contributed by atoms with Crippen LogP contribution in [0.25, 0.3) is 16.6 Å².